The molecule has 0 fully saturated rings. The Labute approximate surface area is 126 Å². The van der Waals surface area contributed by atoms with Gasteiger partial charge in [0.05, 0.1) is 5.39 Å². The third-order valence-electron chi connectivity index (χ3n) is 3.69. The second-order valence-corrected chi connectivity index (χ2v) is 5.24. The van der Waals surface area contributed by atoms with E-state index in [-0.39, 0.29) is 22.0 Å². The summed E-state index contributed by atoms with van der Waals surface area (Å²) in [5, 5.41) is 9.56. The summed E-state index contributed by atoms with van der Waals surface area (Å²) < 4.78 is 5.81. The van der Waals surface area contributed by atoms with E-state index in [2.05, 4.69) is 0 Å². The Kier molecular flexibility index (Phi) is 3.29. The van der Waals surface area contributed by atoms with Crippen LogP contribution in [0.2, 0.25) is 0 Å². The lowest BCUT2D eigenvalue weighted by atomic mass is 10.0. The Bertz CT molecular complexity index is 934. The number of aryl methyl sites for hydroxylation is 1. The van der Waals surface area contributed by atoms with E-state index in [4.69, 9.17) is 4.42 Å². The zero-order chi connectivity index (χ0) is 15.9. The quantitative estimate of drug-likeness (QED) is 0.781. The van der Waals surface area contributed by atoms with Crippen molar-refractivity contribution in [2.45, 2.75) is 13.8 Å². The minimum atomic E-state index is -1.12. The maximum Gasteiger partial charge on any atom is 0.339 e. The van der Waals surface area contributed by atoms with Crippen LogP contribution in [0.1, 0.15) is 21.5 Å². The molecule has 0 aliphatic carbocycles. The third-order valence-corrected chi connectivity index (χ3v) is 3.69. The number of fused-ring (bicyclic) bond motifs is 1. The number of rotatable bonds is 2. The van der Waals surface area contributed by atoms with Gasteiger partial charge < -0.3 is 9.52 Å². The van der Waals surface area contributed by atoms with Crippen molar-refractivity contribution in [1.82, 2.24) is 0 Å². The first-order valence-corrected chi connectivity index (χ1v) is 6.86. The number of carboxylic acid groups (broad SMARTS) is 1. The van der Waals surface area contributed by atoms with Crippen LogP contribution < -0.4 is 5.43 Å². The van der Waals surface area contributed by atoms with Gasteiger partial charge in [-0.3, -0.25) is 4.79 Å². The molecule has 0 saturated carbocycles. The van der Waals surface area contributed by atoms with Gasteiger partial charge in [0.1, 0.15) is 11.3 Å². The normalized spacial score (nSPS) is 10.8. The van der Waals surface area contributed by atoms with E-state index in [1.54, 1.807) is 19.1 Å². The van der Waals surface area contributed by atoms with Crippen LogP contribution in [0.25, 0.3) is 22.3 Å². The third kappa shape index (κ3) is 2.19. The summed E-state index contributed by atoms with van der Waals surface area (Å²) in [5.74, 6) is -0.710. The minimum absolute atomic E-state index is 0.0111. The highest BCUT2D eigenvalue weighted by molar-refractivity contribution is 6.01. The molecule has 0 amide bonds. The van der Waals surface area contributed by atoms with Crippen molar-refractivity contribution in [1.29, 1.82) is 0 Å². The summed E-state index contributed by atoms with van der Waals surface area (Å²) in [5.41, 5.74) is 2.21. The number of aromatic carboxylic acids is 1. The fourth-order valence-corrected chi connectivity index (χ4v) is 2.46. The fourth-order valence-electron chi connectivity index (χ4n) is 2.46. The lowest BCUT2D eigenvalue weighted by molar-refractivity contribution is 0.0698. The van der Waals surface area contributed by atoms with Crippen molar-refractivity contribution < 1.29 is 14.3 Å². The highest BCUT2D eigenvalue weighted by Crippen LogP contribution is 2.27. The summed E-state index contributed by atoms with van der Waals surface area (Å²) >= 11 is 0. The molecule has 3 rings (SSSR count). The molecular weight excluding hydrogens is 280 g/mol. The van der Waals surface area contributed by atoms with Gasteiger partial charge in [-0.1, -0.05) is 35.9 Å². The number of carboxylic acids is 1. The van der Waals surface area contributed by atoms with E-state index in [1.807, 2.05) is 31.2 Å². The first-order valence-electron chi connectivity index (χ1n) is 6.86. The van der Waals surface area contributed by atoms with Gasteiger partial charge in [0.15, 0.2) is 11.0 Å². The standard InChI is InChI=1S/C18H14O4/c1-10-6-8-12(9-7-10)16-11(2)15(19)13-4-3-5-14(18(20)21)17(13)22-16/h3-9H,1-2H3,(H,20,21). The van der Waals surface area contributed by atoms with Gasteiger partial charge in [-0.05, 0) is 26.0 Å². The maximum absolute atomic E-state index is 12.5. The first kappa shape index (κ1) is 14.1. The molecule has 2 aromatic carbocycles. The molecule has 22 heavy (non-hydrogen) atoms. The highest BCUT2D eigenvalue weighted by Gasteiger charge is 2.17. The van der Waals surface area contributed by atoms with Gasteiger partial charge in [-0.15, -0.1) is 0 Å². The summed E-state index contributed by atoms with van der Waals surface area (Å²) in [7, 11) is 0. The van der Waals surface area contributed by atoms with Gasteiger partial charge >= 0.3 is 5.97 Å². The van der Waals surface area contributed by atoms with E-state index in [0.717, 1.165) is 11.1 Å². The molecule has 0 spiro atoms. The average Bonchev–Trinajstić information content (AvgIpc) is 2.51. The molecule has 0 saturated heterocycles. The number of benzene rings is 2. The second kappa shape index (κ2) is 5.15. The number of para-hydroxylation sites is 1. The van der Waals surface area contributed by atoms with Crippen LogP contribution in [0.15, 0.2) is 51.7 Å². The summed E-state index contributed by atoms with van der Waals surface area (Å²) in [6.07, 6.45) is 0. The average molecular weight is 294 g/mol. The molecule has 4 nitrogen and oxygen atoms in total. The topological polar surface area (TPSA) is 67.5 Å². The molecular formula is C18H14O4. The zero-order valence-corrected chi connectivity index (χ0v) is 12.2. The van der Waals surface area contributed by atoms with Crippen LogP contribution >= 0.6 is 0 Å². The van der Waals surface area contributed by atoms with Crippen LogP contribution in [0.4, 0.5) is 0 Å². The van der Waals surface area contributed by atoms with Crippen molar-refractivity contribution in [2.75, 3.05) is 0 Å². The van der Waals surface area contributed by atoms with Gasteiger partial charge in [-0.2, -0.15) is 0 Å². The van der Waals surface area contributed by atoms with Crippen LogP contribution in [-0.4, -0.2) is 11.1 Å². The highest BCUT2D eigenvalue weighted by atomic mass is 16.4. The van der Waals surface area contributed by atoms with Crippen LogP contribution in [0, 0.1) is 13.8 Å². The molecule has 0 unspecified atom stereocenters. The Balaban J connectivity index is 2.39. The maximum atomic E-state index is 12.5. The van der Waals surface area contributed by atoms with Crippen molar-refractivity contribution in [2.24, 2.45) is 0 Å². The van der Waals surface area contributed by atoms with Crippen molar-refractivity contribution in [3.63, 3.8) is 0 Å². The molecule has 1 N–H and O–H groups in total. The Hall–Kier alpha value is -2.88. The molecule has 0 bridgehead atoms. The number of hydrogen-bond donors (Lipinski definition) is 1. The van der Waals surface area contributed by atoms with Gasteiger partial charge in [0.25, 0.3) is 0 Å². The van der Waals surface area contributed by atoms with Crippen LogP contribution in [0.5, 0.6) is 0 Å². The number of hydrogen-bond acceptors (Lipinski definition) is 3. The molecule has 1 heterocycles. The molecule has 0 aliphatic heterocycles. The van der Waals surface area contributed by atoms with Gasteiger partial charge in [-0.25, -0.2) is 4.79 Å². The molecule has 0 radical (unpaired) electrons. The Morgan fingerprint density at radius 3 is 2.36 bits per heavy atom. The zero-order valence-electron chi connectivity index (χ0n) is 12.2. The SMILES string of the molecule is Cc1ccc(-c2oc3c(C(=O)O)cccc3c(=O)c2C)cc1. The predicted octanol–water partition coefficient (Wildman–Crippen LogP) is 3.78. The van der Waals surface area contributed by atoms with E-state index in [0.29, 0.717) is 11.3 Å². The molecule has 1 aromatic heterocycles. The molecule has 0 atom stereocenters. The molecule has 110 valence electrons. The second-order valence-electron chi connectivity index (χ2n) is 5.24. The lowest BCUT2D eigenvalue weighted by Crippen LogP contribution is -2.09. The summed E-state index contributed by atoms with van der Waals surface area (Å²) in [6, 6.07) is 12.1. The van der Waals surface area contributed by atoms with E-state index in [1.165, 1.54) is 6.07 Å². The van der Waals surface area contributed by atoms with Gasteiger partial charge in [0, 0.05) is 11.1 Å². The predicted molar refractivity (Wildman–Crippen MR) is 84.4 cm³/mol. The van der Waals surface area contributed by atoms with Crippen molar-refractivity contribution in [3.8, 4) is 11.3 Å². The smallest absolute Gasteiger partial charge is 0.339 e. The van der Waals surface area contributed by atoms with E-state index in [9.17, 15) is 14.7 Å². The van der Waals surface area contributed by atoms with E-state index < -0.39 is 5.97 Å². The Morgan fingerprint density at radius 1 is 1.05 bits per heavy atom. The fraction of sp³-hybridized carbons (Fsp3) is 0.111. The van der Waals surface area contributed by atoms with E-state index >= 15 is 0 Å². The lowest BCUT2D eigenvalue weighted by Gasteiger charge is -2.09. The van der Waals surface area contributed by atoms with Crippen molar-refractivity contribution >= 4 is 16.9 Å². The summed E-state index contributed by atoms with van der Waals surface area (Å²) in [6.45, 7) is 3.66. The molecule has 3 aromatic rings. The monoisotopic (exact) mass is 294 g/mol. The largest absolute Gasteiger partial charge is 0.478 e. The Morgan fingerprint density at radius 2 is 1.73 bits per heavy atom. The minimum Gasteiger partial charge on any atom is -0.478 e. The van der Waals surface area contributed by atoms with Crippen LogP contribution in [0.3, 0.4) is 0 Å². The van der Waals surface area contributed by atoms with Gasteiger partial charge in [0.2, 0.25) is 0 Å². The first-order chi connectivity index (χ1) is 10.5. The molecule has 4 heteroatoms. The molecule has 0 aliphatic rings. The van der Waals surface area contributed by atoms with Crippen molar-refractivity contribution in [3.05, 3.63) is 69.4 Å². The summed E-state index contributed by atoms with van der Waals surface area (Å²) in [4.78, 5) is 23.9. The van der Waals surface area contributed by atoms with Crippen LogP contribution in [-0.2, 0) is 0 Å². The number of carbonyl (C=O) groups is 1.